The molecule has 1 heterocycles. The van der Waals surface area contributed by atoms with E-state index in [0.717, 1.165) is 24.6 Å². The fraction of sp³-hybridized carbons (Fsp3) is 0.421. The van der Waals surface area contributed by atoms with Crippen LogP contribution in [-0.4, -0.2) is 26.2 Å². The lowest BCUT2D eigenvalue weighted by Gasteiger charge is -2.15. The van der Waals surface area contributed by atoms with E-state index in [0.29, 0.717) is 18.0 Å². The average Bonchev–Trinajstić information content (AvgIpc) is 3.14. The number of guanidine groups is 1. The summed E-state index contributed by atoms with van der Waals surface area (Å²) in [6.45, 7) is 6.58. The lowest BCUT2D eigenvalue weighted by molar-refractivity contribution is 0.181. The molecule has 144 valence electrons. The summed E-state index contributed by atoms with van der Waals surface area (Å²) >= 11 is 1.77. The Hall–Kier alpha value is -1.19. The number of hydrogen-bond acceptors (Lipinski definition) is 3. The third-order valence-electron chi connectivity index (χ3n) is 3.78. The van der Waals surface area contributed by atoms with Gasteiger partial charge in [-0.15, -0.1) is 35.3 Å². The van der Waals surface area contributed by atoms with Crippen molar-refractivity contribution in [2.24, 2.45) is 4.99 Å². The molecule has 0 aliphatic heterocycles. The van der Waals surface area contributed by atoms with Crippen molar-refractivity contribution in [3.05, 3.63) is 57.5 Å². The monoisotopic (exact) mass is 491 g/mol. The Morgan fingerprint density at radius 1 is 1.31 bits per heavy atom. The molecule has 1 atom stereocenters. The van der Waals surface area contributed by atoms with Crippen molar-refractivity contribution in [2.45, 2.75) is 32.9 Å². The first-order valence-corrected chi connectivity index (χ1v) is 9.33. The van der Waals surface area contributed by atoms with Crippen LogP contribution in [0, 0.1) is 5.82 Å². The van der Waals surface area contributed by atoms with Gasteiger partial charge in [0.2, 0.25) is 0 Å². The van der Waals surface area contributed by atoms with Crippen molar-refractivity contribution in [3.63, 3.8) is 0 Å². The number of thiophene rings is 1. The Labute approximate surface area is 176 Å². The molecule has 1 aromatic carbocycles. The number of aliphatic imine (C=N–C) groups is 1. The molecule has 26 heavy (non-hydrogen) atoms. The minimum Gasteiger partial charge on any atom is -0.380 e. The van der Waals surface area contributed by atoms with Gasteiger partial charge in [0, 0.05) is 36.6 Å². The lowest BCUT2D eigenvalue weighted by Crippen LogP contribution is -2.39. The van der Waals surface area contributed by atoms with Crippen LogP contribution in [0.1, 0.15) is 35.8 Å². The van der Waals surface area contributed by atoms with Crippen LogP contribution in [0.25, 0.3) is 0 Å². The Morgan fingerprint density at radius 2 is 2.12 bits per heavy atom. The molecule has 1 aromatic heterocycles. The third kappa shape index (κ3) is 7.20. The zero-order valence-electron chi connectivity index (χ0n) is 15.4. The van der Waals surface area contributed by atoms with E-state index in [1.165, 1.54) is 10.9 Å². The highest BCUT2D eigenvalue weighted by molar-refractivity contribution is 14.0. The molecular formula is C19H27FIN3OS. The van der Waals surface area contributed by atoms with Gasteiger partial charge in [-0.25, -0.2) is 9.38 Å². The molecule has 0 amide bonds. The van der Waals surface area contributed by atoms with Crippen molar-refractivity contribution in [1.82, 2.24) is 10.6 Å². The van der Waals surface area contributed by atoms with Crippen LogP contribution in [-0.2, 0) is 17.9 Å². The maximum absolute atomic E-state index is 13.7. The van der Waals surface area contributed by atoms with Crippen molar-refractivity contribution >= 4 is 41.3 Å². The normalized spacial score (nSPS) is 12.4. The minimum absolute atomic E-state index is 0. The van der Waals surface area contributed by atoms with Crippen molar-refractivity contribution in [1.29, 1.82) is 0 Å². The Morgan fingerprint density at radius 3 is 2.77 bits per heavy atom. The van der Waals surface area contributed by atoms with Gasteiger partial charge in [0.15, 0.2) is 5.96 Å². The molecule has 4 nitrogen and oxygen atoms in total. The van der Waals surface area contributed by atoms with E-state index < -0.39 is 0 Å². The molecule has 0 saturated carbocycles. The molecule has 2 aromatic rings. The topological polar surface area (TPSA) is 45.7 Å². The molecule has 0 saturated heterocycles. The quantitative estimate of drug-likeness (QED) is 0.325. The van der Waals surface area contributed by atoms with Crippen LogP contribution in [0.5, 0.6) is 0 Å². The maximum Gasteiger partial charge on any atom is 0.191 e. The van der Waals surface area contributed by atoms with E-state index in [9.17, 15) is 4.39 Å². The summed E-state index contributed by atoms with van der Waals surface area (Å²) in [5, 5.41) is 8.72. The van der Waals surface area contributed by atoms with E-state index in [4.69, 9.17) is 4.74 Å². The molecule has 2 N–H and O–H groups in total. The molecule has 0 spiro atoms. The Bertz CT molecular complexity index is 679. The lowest BCUT2D eigenvalue weighted by atomic mass is 10.1. The highest BCUT2D eigenvalue weighted by Crippen LogP contribution is 2.19. The third-order valence-corrected chi connectivity index (χ3v) is 4.88. The summed E-state index contributed by atoms with van der Waals surface area (Å²) in [4.78, 5) is 5.96. The smallest absolute Gasteiger partial charge is 0.191 e. The standard InChI is InChI=1S/C19H26FN3OS.HI/c1-4-21-19(22-11-14(2)18-6-5-9-25-18)23-12-15-7-8-17(20)16(10-15)13-24-3;/h5-10,14H,4,11-13H2,1-3H3,(H2,21,22,23);1H. The van der Waals surface area contributed by atoms with Gasteiger partial charge in [0.25, 0.3) is 0 Å². The van der Waals surface area contributed by atoms with Crippen LogP contribution in [0.2, 0.25) is 0 Å². The summed E-state index contributed by atoms with van der Waals surface area (Å²) in [6, 6.07) is 9.26. The van der Waals surface area contributed by atoms with Crippen LogP contribution in [0.15, 0.2) is 40.7 Å². The Kier molecular flexibility index (Phi) is 10.8. The Balaban J connectivity index is 0.00000338. The maximum atomic E-state index is 13.7. The fourth-order valence-electron chi connectivity index (χ4n) is 2.43. The van der Waals surface area contributed by atoms with Crippen LogP contribution in [0.3, 0.4) is 0 Å². The predicted octanol–water partition coefficient (Wildman–Crippen LogP) is 4.51. The number of ether oxygens (including phenoxy) is 1. The zero-order chi connectivity index (χ0) is 18.1. The number of methoxy groups -OCH3 is 1. The van der Waals surface area contributed by atoms with Crippen LogP contribution in [0.4, 0.5) is 4.39 Å². The number of halogens is 2. The van der Waals surface area contributed by atoms with Crippen molar-refractivity contribution in [3.8, 4) is 0 Å². The van der Waals surface area contributed by atoms with Gasteiger partial charge in [-0.05, 0) is 36.1 Å². The van der Waals surface area contributed by atoms with E-state index in [1.54, 1.807) is 30.6 Å². The van der Waals surface area contributed by atoms with E-state index in [1.807, 2.05) is 6.92 Å². The molecule has 7 heteroatoms. The second kappa shape index (κ2) is 12.2. The highest BCUT2D eigenvalue weighted by Gasteiger charge is 2.08. The van der Waals surface area contributed by atoms with Gasteiger partial charge in [0.05, 0.1) is 13.2 Å². The minimum atomic E-state index is -0.246. The zero-order valence-corrected chi connectivity index (χ0v) is 18.6. The van der Waals surface area contributed by atoms with Crippen molar-refractivity contribution in [2.75, 3.05) is 20.2 Å². The van der Waals surface area contributed by atoms with Gasteiger partial charge in [-0.1, -0.05) is 19.1 Å². The number of benzene rings is 1. The molecule has 0 fully saturated rings. The van der Waals surface area contributed by atoms with E-state index >= 15 is 0 Å². The first kappa shape index (κ1) is 22.9. The second-order valence-corrected chi connectivity index (χ2v) is 6.83. The largest absolute Gasteiger partial charge is 0.380 e. The first-order chi connectivity index (χ1) is 12.1. The van der Waals surface area contributed by atoms with Gasteiger partial charge in [-0.3, -0.25) is 0 Å². The second-order valence-electron chi connectivity index (χ2n) is 5.85. The summed E-state index contributed by atoms with van der Waals surface area (Å²) < 4.78 is 18.7. The summed E-state index contributed by atoms with van der Waals surface area (Å²) in [7, 11) is 1.56. The molecule has 1 unspecified atom stereocenters. The molecule has 0 aliphatic rings. The number of rotatable bonds is 8. The molecule has 0 radical (unpaired) electrons. The summed E-state index contributed by atoms with van der Waals surface area (Å²) in [6.07, 6.45) is 0. The summed E-state index contributed by atoms with van der Waals surface area (Å²) in [5.41, 5.74) is 1.51. The predicted molar refractivity (Wildman–Crippen MR) is 118 cm³/mol. The van der Waals surface area contributed by atoms with Gasteiger partial charge in [-0.2, -0.15) is 0 Å². The molecular weight excluding hydrogens is 464 g/mol. The number of nitrogens with zero attached hydrogens (tertiary/aromatic N) is 1. The molecule has 0 bridgehead atoms. The van der Waals surface area contributed by atoms with Gasteiger partial charge in [0.1, 0.15) is 5.82 Å². The van der Waals surface area contributed by atoms with Crippen LogP contribution < -0.4 is 10.6 Å². The molecule has 0 aliphatic carbocycles. The summed E-state index contributed by atoms with van der Waals surface area (Å²) in [5.74, 6) is 0.941. The highest BCUT2D eigenvalue weighted by atomic mass is 127. The molecule has 2 rings (SSSR count). The van der Waals surface area contributed by atoms with Crippen LogP contribution >= 0.6 is 35.3 Å². The van der Waals surface area contributed by atoms with Gasteiger partial charge >= 0.3 is 0 Å². The number of nitrogens with one attached hydrogen (secondary N) is 2. The SMILES string of the molecule is CCNC(=NCc1ccc(F)c(COC)c1)NCC(C)c1cccs1.I. The van der Waals surface area contributed by atoms with Crippen molar-refractivity contribution < 1.29 is 9.13 Å². The van der Waals surface area contributed by atoms with E-state index in [-0.39, 0.29) is 36.4 Å². The first-order valence-electron chi connectivity index (χ1n) is 8.45. The fourth-order valence-corrected chi connectivity index (χ4v) is 3.21. The number of hydrogen-bond donors (Lipinski definition) is 2. The van der Waals surface area contributed by atoms with Gasteiger partial charge < -0.3 is 15.4 Å². The van der Waals surface area contributed by atoms with E-state index in [2.05, 4.69) is 40.1 Å². The average molecular weight is 491 g/mol.